The summed E-state index contributed by atoms with van der Waals surface area (Å²) < 4.78 is 16.7. The lowest BCUT2D eigenvalue weighted by molar-refractivity contribution is 0.0129. The van der Waals surface area contributed by atoms with E-state index in [1.165, 1.54) is 12.3 Å². The number of carboxylic acid groups (broad SMARTS) is 1. The molecule has 0 aliphatic carbocycles. The van der Waals surface area contributed by atoms with E-state index in [1.807, 2.05) is 6.92 Å². The lowest BCUT2D eigenvalue weighted by Crippen LogP contribution is -2.33. The number of benzene rings is 1. The minimum absolute atomic E-state index is 0.213. The van der Waals surface area contributed by atoms with Crippen LogP contribution in [0.3, 0.4) is 0 Å². The highest BCUT2D eigenvalue weighted by atomic mass is 16.6. The summed E-state index contributed by atoms with van der Waals surface area (Å²) in [5, 5.41) is 9.25. The number of hydrogen-bond donors (Lipinski definition) is 2. The second kappa shape index (κ2) is 5.69. The van der Waals surface area contributed by atoms with Crippen molar-refractivity contribution in [2.45, 2.75) is 13.0 Å². The number of carboxylic acids is 1. The predicted octanol–water partition coefficient (Wildman–Crippen LogP) is 1.40. The average molecular weight is 305 g/mol. The van der Waals surface area contributed by atoms with E-state index < -0.39 is 11.4 Å². The summed E-state index contributed by atoms with van der Waals surface area (Å²) in [6.45, 7) is 3.23. The molecular weight excluding hydrogens is 290 g/mol. The molecule has 0 saturated heterocycles. The van der Waals surface area contributed by atoms with Crippen molar-refractivity contribution >= 4 is 16.9 Å². The van der Waals surface area contributed by atoms with Gasteiger partial charge in [0.1, 0.15) is 12.2 Å². The molecule has 2 heterocycles. The highest BCUT2D eigenvalue weighted by Crippen LogP contribution is 2.34. The fraction of sp³-hybridized carbons (Fsp3) is 0.333. The zero-order valence-electron chi connectivity index (χ0n) is 11.9. The van der Waals surface area contributed by atoms with Gasteiger partial charge in [0, 0.05) is 18.9 Å². The highest BCUT2D eigenvalue weighted by molar-refractivity contribution is 5.93. The van der Waals surface area contributed by atoms with Gasteiger partial charge in [-0.3, -0.25) is 4.79 Å². The lowest BCUT2D eigenvalue weighted by Gasteiger charge is -2.26. The van der Waals surface area contributed by atoms with Crippen molar-refractivity contribution in [1.82, 2.24) is 4.98 Å². The van der Waals surface area contributed by atoms with Gasteiger partial charge in [0.25, 0.3) is 0 Å². The Balaban J connectivity index is 2.00. The van der Waals surface area contributed by atoms with Crippen LogP contribution in [0.15, 0.2) is 23.1 Å². The van der Waals surface area contributed by atoms with Crippen LogP contribution in [0, 0.1) is 0 Å². The molecule has 1 unspecified atom stereocenters. The molecule has 0 saturated carbocycles. The van der Waals surface area contributed by atoms with Gasteiger partial charge in [-0.05, 0) is 13.0 Å². The molecule has 0 spiro atoms. The molecule has 0 amide bonds. The van der Waals surface area contributed by atoms with Gasteiger partial charge in [-0.1, -0.05) is 0 Å². The molecule has 0 bridgehead atoms. The molecule has 1 atom stereocenters. The van der Waals surface area contributed by atoms with Crippen molar-refractivity contribution in [3.8, 4) is 11.5 Å². The molecule has 7 nitrogen and oxygen atoms in total. The number of carbonyl (C=O) groups is 1. The van der Waals surface area contributed by atoms with Crippen LogP contribution >= 0.6 is 0 Å². The van der Waals surface area contributed by atoms with E-state index in [9.17, 15) is 9.59 Å². The maximum Gasteiger partial charge on any atom is 0.341 e. The maximum absolute atomic E-state index is 12.1. The Labute approximate surface area is 125 Å². The first-order valence-corrected chi connectivity index (χ1v) is 6.90. The molecule has 2 aromatic rings. The third-order valence-electron chi connectivity index (χ3n) is 3.40. The number of fused-ring (bicyclic) bond motifs is 2. The van der Waals surface area contributed by atoms with Gasteiger partial charge in [-0.2, -0.15) is 0 Å². The van der Waals surface area contributed by atoms with E-state index in [-0.39, 0.29) is 17.1 Å². The summed E-state index contributed by atoms with van der Waals surface area (Å²) in [7, 11) is 0. The smallest absolute Gasteiger partial charge is 0.341 e. The van der Waals surface area contributed by atoms with Crippen molar-refractivity contribution in [2.24, 2.45) is 0 Å². The molecule has 0 radical (unpaired) electrons. The summed E-state index contributed by atoms with van der Waals surface area (Å²) in [5.41, 5.74) is -0.364. The number of rotatable bonds is 4. The minimum Gasteiger partial charge on any atom is -0.486 e. The van der Waals surface area contributed by atoms with Crippen molar-refractivity contribution < 1.29 is 24.1 Å². The lowest BCUT2D eigenvalue weighted by atomic mass is 10.1. The quantitative estimate of drug-likeness (QED) is 0.886. The fourth-order valence-corrected chi connectivity index (χ4v) is 2.32. The molecule has 7 heteroatoms. The van der Waals surface area contributed by atoms with E-state index in [1.54, 1.807) is 6.07 Å². The summed E-state index contributed by atoms with van der Waals surface area (Å²) in [5.74, 6) is -0.342. The van der Waals surface area contributed by atoms with Crippen LogP contribution in [0.25, 0.3) is 10.9 Å². The van der Waals surface area contributed by atoms with E-state index in [0.29, 0.717) is 36.8 Å². The van der Waals surface area contributed by atoms with Crippen LogP contribution < -0.4 is 14.9 Å². The summed E-state index contributed by atoms with van der Waals surface area (Å²) in [6, 6.07) is 3.14. The summed E-state index contributed by atoms with van der Waals surface area (Å²) in [4.78, 5) is 26.0. The van der Waals surface area contributed by atoms with Crippen LogP contribution in [0.4, 0.5) is 0 Å². The first kappa shape index (κ1) is 14.4. The monoisotopic (exact) mass is 305 g/mol. The van der Waals surface area contributed by atoms with Crippen molar-refractivity contribution in [3.05, 3.63) is 34.1 Å². The first-order valence-electron chi connectivity index (χ1n) is 6.90. The molecule has 1 aromatic carbocycles. The number of hydrogen-bond acceptors (Lipinski definition) is 5. The van der Waals surface area contributed by atoms with Crippen molar-refractivity contribution in [2.75, 3.05) is 19.8 Å². The zero-order chi connectivity index (χ0) is 15.7. The van der Waals surface area contributed by atoms with Crippen LogP contribution in [-0.4, -0.2) is 42.0 Å². The normalized spacial score (nSPS) is 16.7. The molecule has 116 valence electrons. The second-order valence-electron chi connectivity index (χ2n) is 4.89. The summed E-state index contributed by atoms with van der Waals surface area (Å²) >= 11 is 0. The third-order valence-corrected chi connectivity index (χ3v) is 3.40. The molecule has 3 rings (SSSR count). The number of ether oxygens (including phenoxy) is 3. The fourth-order valence-electron chi connectivity index (χ4n) is 2.32. The Morgan fingerprint density at radius 2 is 2.27 bits per heavy atom. The zero-order valence-corrected chi connectivity index (χ0v) is 11.9. The Hall–Kier alpha value is -2.54. The molecule has 2 N–H and O–H groups in total. The number of nitrogens with one attached hydrogen (secondary N) is 1. The van der Waals surface area contributed by atoms with Gasteiger partial charge in [0.2, 0.25) is 5.43 Å². The van der Waals surface area contributed by atoms with Gasteiger partial charge >= 0.3 is 5.97 Å². The molecule has 1 aliphatic heterocycles. The number of aromatic carboxylic acids is 1. The largest absolute Gasteiger partial charge is 0.486 e. The predicted molar refractivity (Wildman–Crippen MR) is 77.9 cm³/mol. The maximum atomic E-state index is 12.1. The van der Waals surface area contributed by atoms with Gasteiger partial charge in [0.05, 0.1) is 17.5 Å². The number of pyridine rings is 1. The molecular formula is C15H15NO6. The average Bonchev–Trinajstić information content (AvgIpc) is 2.51. The first-order chi connectivity index (χ1) is 10.6. The topological polar surface area (TPSA) is 97.9 Å². The van der Waals surface area contributed by atoms with Crippen molar-refractivity contribution in [1.29, 1.82) is 0 Å². The van der Waals surface area contributed by atoms with Crippen LogP contribution in [0.2, 0.25) is 0 Å². The van der Waals surface area contributed by atoms with Gasteiger partial charge < -0.3 is 24.3 Å². The molecule has 1 aromatic heterocycles. The molecule has 1 aliphatic rings. The third kappa shape index (κ3) is 2.50. The molecule has 0 fully saturated rings. The second-order valence-corrected chi connectivity index (χ2v) is 4.89. The standard InChI is InChI=1S/C15H15NO6/c1-2-20-6-8-7-21-12-3-9-11(4-13(12)22-8)16-5-10(14(9)17)15(18)19/h3-5,8H,2,6-7H2,1H3,(H,16,17)(H,18,19). The Morgan fingerprint density at radius 1 is 1.45 bits per heavy atom. The minimum atomic E-state index is -1.27. The van der Waals surface area contributed by atoms with Gasteiger partial charge in [-0.25, -0.2) is 4.79 Å². The van der Waals surface area contributed by atoms with E-state index in [4.69, 9.17) is 19.3 Å². The van der Waals surface area contributed by atoms with Gasteiger partial charge in [-0.15, -0.1) is 0 Å². The summed E-state index contributed by atoms with van der Waals surface area (Å²) in [6.07, 6.45) is 0.968. The SMILES string of the molecule is CCOCC1COc2cc3c(=O)c(C(=O)O)c[nH]c3cc2O1. The Kier molecular flexibility index (Phi) is 3.72. The van der Waals surface area contributed by atoms with E-state index >= 15 is 0 Å². The highest BCUT2D eigenvalue weighted by Gasteiger charge is 2.23. The van der Waals surface area contributed by atoms with E-state index in [2.05, 4.69) is 4.98 Å². The van der Waals surface area contributed by atoms with E-state index in [0.717, 1.165) is 0 Å². The number of H-pyrrole nitrogens is 1. The Morgan fingerprint density at radius 3 is 3.00 bits per heavy atom. The Bertz CT molecular complexity index is 781. The van der Waals surface area contributed by atoms with Crippen LogP contribution in [-0.2, 0) is 4.74 Å². The van der Waals surface area contributed by atoms with Crippen LogP contribution in [0.1, 0.15) is 17.3 Å². The number of aromatic nitrogens is 1. The number of aromatic amines is 1. The molecule has 22 heavy (non-hydrogen) atoms. The van der Waals surface area contributed by atoms with Gasteiger partial charge in [0.15, 0.2) is 17.6 Å². The van der Waals surface area contributed by atoms with Crippen LogP contribution in [0.5, 0.6) is 11.5 Å². The van der Waals surface area contributed by atoms with Crippen molar-refractivity contribution in [3.63, 3.8) is 0 Å².